The first-order valence-corrected chi connectivity index (χ1v) is 7.88. The average molecular weight is 355 g/mol. The fraction of sp³-hybridized carbons (Fsp3) is 0.222. The van der Waals surface area contributed by atoms with Crippen LogP contribution in [-0.2, 0) is 4.74 Å². The number of H-pyrrole nitrogens is 1. The molecule has 1 N–H and O–H groups in total. The maximum Gasteiger partial charge on any atom is 0.344 e. The number of aromatic nitrogens is 3. The lowest BCUT2D eigenvalue weighted by Crippen LogP contribution is -2.22. The van der Waals surface area contributed by atoms with E-state index >= 15 is 0 Å². The molecule has 1 aromatic carbocycles. The summed E-state index contributed by atoms with van der Waals surface area (Å²) in [6.45, 7) is 1.80. The van der Waals surface area contributed by atoms with Crippen molar-refractivity contribution in [1.82, 2.24) is 15.0 Å². The summed E-state index contributed by atoms with van der Waals surface area (Å²) >= 11 is 0. The molecule has 134 valence electrons. The molecule has 0 aliphatic heterocycles. The van der Waals surface area contributed by atoms with E-state index in [0.29, 0.717) is 10.9 Å². The van der Waals surface area contributed by atoms with Crippen molar-refractivity contribution in [2.75, 3.05) is 20.8 Å². The van der Waals surface area contributed by atoms with E-state index in [1.807, 2.05) is 0 Å². The number of carbonyl (C=O) groups is 1. The number of rotatable bonds is 5. The van der Waals surface area contributed by atoms with E-state index in [2.05, 4.69) is 15.0 Å². The van der Waals surface area contributed by atoms with Gasteiger partial charge in [-0.25, -0.2) is 4.79 Å². The Morgan fingerprint density at radius 3 is 2.38 bits per heavy atom. The second-order valence-corrected chi connectivity index (χ2v) is 5.25. The molecule has 8 nitrogen and oxygen atoms in total. The number of esters is 1. The Morgan fingerprint density at radius 1 is 1.12 bits per heavy atom. The summed E-state index contributed by atoms with van der Waals surface area (Å²) < 4.78 is 15.4. The van der Waals surface area contributed by atoms with Crippen molar-refractivity contribution >= 4 is 16.9 Å². The van der Waals surface area contributed by atoms with Crippen molar-refractivity contribution in [2.24, 2.45) is 0 Å². The van der Waals surface area contributed by atoms with Crippen molar-refractivity contribution in [3.8, 4) is 23.1 Å². The zero-order chi connectivity index (χ0) is 18.7. The zero-order valence-corrected chi connectivity index (χ0v) is 14.5. The molecular weight excluding hydrogens is 338 g/mol. The topological polar surface area (TPSA) is 103 Å². The van der Waals surface area contributed by atoms with E-state index in [0.717, 1.165) is 0 Å². The number of hydrogen-bond acceptors (Lipinski definition) is 7. The van der Waals surface area contributed by atoms with Crippen LogP contribution >= 0.6 is 0 Å². The fourth-order valence-electron chi connectivity index (χ4n) is 2.60. The predicted molar refractivity (Wildman–Crippen MR) is 94.7 cm³/mol. The summed E-state index contributed by atoms with van der Waals surface area (Å²) in [6.07, 6.45) is 0. The highest BCUT2D eigenvalue weighted by Crippen LogP contribution is 2.30. The number of aromatic amines is 1. The minimum absolute atomic E-state index is 0.131. The molecule has 0 aliphatic rings. The molecule has 0 bridgehead atoms. The second-order valence-electron chi connectivity index (χ2n) is 5.25. The summed E-state index contributed by atoms with van der Waals surface area (Å²) in [6, 6.07) is 8.56. The first-order chi connectivity index (χ1) is 12.6. The normalized spacial score (nSPS) is 10.6. The number of carbonyl (C=O) groups excluding carboxylic acids is 1. The molecule has 26 heavy (non-hydrogen) atoms. The molecule has 0 atom stereocenters. The van der Waals surface area contributed by atoms with Crippen molar-refractivity contribution in [1.29, 1.82) is 0 Å². The highest BCUT2D eigenvalue weighted by atomic mass is 16.5. The lowest BCUT2D eigenvalue weighted by molar-refractivity contribution is 0.0525. The van der Waals surface area contributed by atoms with Gasteiger partial charge in [0.05, 0.1) is 26.9 Å². The Morgan fingerprint density at radius 2 is 1.77 bits per heavy atom. The summed E-state index contributed by atoms with van der Waals surface area (Å²) in [5.74, 6) is -0.136. The summed E-state index contributed by atoms with van der Waals surface area (Å²) in [5, 5.41) is 0.602. The monoisotopic (exact) mass is 355 g/mol. The third-order valence-corrected chi connectivity index (χ3v) is 3.72. The van der Waals surface area contributed by atoms with Gasteiger partial charge < -0.3 is 19.2 Å². The SMILES string of the molecule is CCOC(=O)c1c(-c2nc(OC)cc(OC)n2)c2ccccc2[nH]c1=O. The Kier molecular flexibility index (Phi) is 4.83. The van der Waals surface area contributed by atoms with E-state index in [1.54, 1.807) is 31.2 Å². The zero-order valence-electron chi connectivity index (χ0n) is 14.5. The molecule has 0 fully saturated rings. The Balaban J connectivity index is 2.41. The number of fused-ring (bicyclic) bond motifs is 1. The van der Waals surface area contributed by atoms with Crippen LogP contribution in [0, 0.1) is 0 Å². The number of pyridine rings is 1. The molecule has 0 saturated heterocycles. The predicted octanol–water partition coefficient (Wildman–Crippen LogP) is 2.18. The van der Waals surface area contributed by atoms with Crippen LogP contribution in [0.4, 0.5) is 0 Å². The van der Waals surface area contributed by atoms with Crippen LogP contribution in [0.2, 0.25) is 0 Å². The number of hydrogen-bond donors (Lipinski definition) is 1. The Labute approximate surface area is 148 Å². The molecule has 2 heterocycles. The number of benzene rings is 1. The minimum atomic E-state index is -0.750. The van der Waals surface area contributed by atoms with Crippen LogP contribution in [0.5, 0.6) is 11.8 Å². The first-order valence-electron chi connectivity index (χ1n) is 7.88. The lowest BCUT2D eigenvalue weighted by atomic mass is 10.0. The summed E-state index contributed by atoms with van der Waals surface area (Å²) in [4.78, 5) is 36.3. The number of nitrogens with zero attached hydrogens (tertiary/aromatic N) is 2. The van der Waals surface area contributed by atoms with Gasteiger partial charge in [-0.05, 0) is 13.0 Å². The largest absolute Gasteiger partial charge is 0.481 e. The maximum absolute atomic E-state index is 12.6. The Bertz CT molecular complexity index is 1010. The standard InChI is InChI=1S/C18H17N3O5/c1-4-26-18(23)15-14(10-7-5-6-8-11(10)19-17(15)22)16-20-12(24-2)9-13(21-16)25-3/h5-9H,4H2,1-3H3,(H,19,22). The van der Waals surface area contributed by atoms with E-state index < -0.39 is 11.5 Å². The van der Waals surface area contributed by atoms with Gasteiger partial charge in [-0.2, -0.15) is 9.97 Å². The number of ether oxygens (including phenoxy) is 3. The fourth-order valence-corrected chi connectivity index (χ4v) is 2.60. The molecular formula is C18H17N3O5. The molecule has 2 aromatic heterocycles. The molecule has 0 aliphatic carbocycles. The smallest absolute Gasteiger partial charge is 0.344 e. The van der Waals surface area contributed by atoms with E-state index in [4.69, 9.17) is 14.2 Å². The van der Waals surface area contributed by atoms with Gasteiger partial charge in [-0.15, -0.1) is 0 Å². The highest BCUT2D eigenvalue weighted by Gasteiger charge is 2.24. The third kappa shape index (κ3) is 3.08. The van der Waals surface area contributed by atoms with Gasteiger partial charge in [0.2, 0.25) is 11.8 Å². The summed E-state index contributed by atoms with van der Waals surface area (Å²) in [7, 11) is 2.90. The molecule has 0 amide bonds. The molecule has 0 spiro atoms. The van der Waals surface area contributed by atoms with Gasteiger partial charge in [-0.1, -0.05) is 18.2 Å². The number of nitrogens with one attached hydrogen (secondary N) is 1. The van der Waals surface area contributed by atoms with Crippen LogP contribution in [0.25, 0.3) is 22.3 Å². The molecule has 3 aromatic rings. The van der Waals surface area contributed by atoms with E-state index in [-0.39, 0.29) is 35.3 Å². The quantitative estimate of drug-likeness (QED) is 0.700. The molecule has 0 unspecified atom stereocenters. The van der Waals surface area contributed by atoms with E-state index in [9.17, 15) is 9.59 Å². The minimum Gasteiger partial charge on any atom is -0.481 e. The van der Waals surface area contributed by atoms with E-state index in [1.165, 1.54) is 20.3 Å². The van der Waals surface area contributed by atoms with Gasteiger partial charge in [0, 0.05) is 16.5 Å². The molecule has 0 radical (unpaired) electrons. The lowest BCUT2D eigenvalue weighted by Gasteiger charge is -2.12. The van der Waals surface area contributed by atoms with Crippen LogP contribution in [-0.4, -0.2) is 41.7 Å². The van der Waals surface area contributed by atoms with Crippen LogP contribution in [0.1, 0.15) is 17.3 Å². The van der Waals surface area contributed by atoms with Gasteiger partial charge in [-0.3, -0.25) is 4.79 Å². The van der Waals surface area contributed by atoms with Crippen molar-refractivity contribution in [2.45, 2.75) is 6.92 Å². The average Bonchev–Trinajstić information content (AvgIpc) is 2.66. The highest BCUT2D eigenvalue weighted by molar-refractivity contribution is 6.05. The van der Waals surface area contributed by atoms with Gasteiger partial charge in [0.25, 0.3) is 5.56 Å². The van der Waals surface area contributed by atoms with Crippen LogP contribution < -0.4 is 15.0 Å². The molecule has 3 rings (SSSR count). The summed E-state index contributed by atoms with van der Waals surface area (Å²) in [5.41, 5.74) is 0.0642. The van der Waals surface area contributed by atoms with Crippen LogP contribution in [0.3, 0.4) is 0 Å². The molecule has 0 saturated carbocycles. The Hall–Kier alpha value is -3.42. The third-order valence-electron chi connectivity index (χ3n) is 3.72. The van der Waals surface area contributed by atoms with Gasteiger partial charge in [0.15, 0.2) is 5.82 Å². The van der Waals surface area contributed by atoms with Crippen molar-refractivity contribution < 1.29 is 19.0 Å². The number of para-hydroxylation sites is 1. The molecule has 8 heteroatoms. The van der Waals surface area contributed by atoms with Gasteiger partial charge >= 0.3 is 5.97 Å². The number of methoxy groups -OCH3 is 2. The first kappa shape index (κ1) is 17.4. The van der Waals surface area contributed by atoms with Crippen LogP contribution in [0.15, 0.2) is 35.1 Å². The second kappa shape index (κ2) is 7.22. The van der Waals surface area contributed by atoms with Crippen molar-refractivity contribution in [3.63, 3.8) is 0 Å². The van der Waals surface area contributed by atoms with Gasteiger partial charge in [0.1, 0.15) is 5.56 Å². The maximum atomic E-state index is 12.6. The van der Waals surface area contributed by atoms with Crippen molar-refractivity contribution in [3.05, 3.63) is 46.2 Å².